The maximum atomic E-state index is 12.5. The number of rotatable bonds is 5. The molecule has 0 saturated heterocycles. The highest BCUT2D eigenvalue weighted by Gasteiger charge is 2.17. The summed E-state index contributed by atoms with van der Waals surface area (Å²) in [6.45, 7) is 6.70. The fraction of sp³-hybridized carbons (Fsp3) is 0.333. The van der Waals surface area contributed by atoms with Gasteiger partial charge in [0.1, 0.15) is 0 Å². The number of aryl methyl sites for hydroxylation is 1. The van der Waals surface area contributed by atoms with Crippen LogP contribution in [0.1, 0.15) is 31.9 Å². The number of para-hydroxylation sites is 1. The molecule has 3 aromatic rings. The number of nitrogens with one attached hydrogen (secondary N) is 1. The van der Waals surface area contributed by atoms with Gasteiger partial charge in [0.15, 0.2) is 0 Å². The highest BCUT2D eigenvalue weighted by Crippen LogP contribution is 2.24. The fourth-order valence-electron chi connectivity index (χ4n) is 3.16. The molecule has 1 aromatic heterocycles. The van der Waals surface area contributed by atoms with E-state index in [2.05, 4.69) is 48.4 Å². The van der Waals surface area contributed by atoms with Gasteiger partial charge in [0.05, 0.1) is 4.90 Å². The minimum absolute atomic E-state index is 0.00405. The maximum Gasteiger partial charge on any atom is 0.240 e. The van der Waals surface area contributed by atoms with Crippen LogP contribution in [0, 0.1) is 0 Å². The second-order valence-corrected chi connectivity index (χ2v) is 9.47. The van der Waals surface area contributed by atoms with E-state index in [1.54, 1.807) is 12.1 Å². The number of fused-ring (bicyclic) bond motifs is 1. The second-order valence-electron chi connectivity index (χ2n) is 7.70. The quantitative estimate of drug-likeness (QED) is 0.738. The van der Waals surface area contributed by atoms with Gasteiger partial charge in [-0.05, 0) is 41.2 Å². The second kappa shape index (κ2) is 6.89. The van der Waals surface area contributed by atoms with Gasteiger partial charge in [-0.1, -0.05) is 51.1 Å². The molecule has 0 atom stereocenters. The minimum Gasteiger partial charge on any atom is -0.350 e. The number of nitrogens with zero attached hydrogens (tertiary/aromatic N) is 1. The smallest absolute Gasteiger partial charge is 0.240 e. The van der Waals surface area contributed by atoms with Gasteiger partial charge in [0.2, 0.25) is 10.0 Å². The van der Waals surface area contributed by atoms with E-state index >= 15 is 0 Å². The lowest BCUT2D eigenvalue weighted by molar-refractivity contribution is 0.578. The molecule has 138 valence electrons. The number of hydrogen-bond donors (Lipinski definition) is 1. The topological polar surface area (TPSA) is 51.1 Å². The molecule has 0 bridgehead atoms. The zero-order valence-electron chi connectivity index (χ0n) is 15.8. The van der Waals surface area contributed by atoms with Gasteiger partial charge in [-0.2, -0.15) is 0 Å². The first-order valence-corrected chi connectivity index (χ1v) is 10.3. The molecule has 0 fully saturated rings. The van der Waals surface area contributed by atoms with E-state index in [1.807, 2.05) is 31.3 Å². The van der Waals surface area contributed by atoms with Crippen LogP contribution < -0.4 is 4.72 Å². The maximum absolute atomic E-state index is 12.5. The summed E-state index contributed by atoms with van der Waals surface area (Å²) in [4.78, 5) is 0.309. The van der Waals surface area contributed by atoms with Gasteiger partial charge in [-0.25, -0.2) is 13.1 Å². The lowest BCUT2D eigenvalue weighted by Gasteiger charge is -2.19. The summed E-state index contributed by atoms with van der Waals surface area (Å²) in [6, 6.07) is 15.3. The van der Waals surface area contributed by atoms with E-state index in [1.165, 1.54) is 5.39 Å². The summed E-state index contributed by atoms with van der Waals surface area (Å²) in [5, 5.41) is 1.17. The standard InChI is InChI=1S/C21H26N2O2S/c1-21(2,3)17-9-11-18(12-10-17)26(24,25)22-14-13-16-15-23(4)20-8-6-5-7-19(16)20/h5-12,15,22H,13-14H2,1-4H3. The summed E-state index contributed by atoms with van der Waals surface area (Å²) < 4.78 is 29.9. The summed E-state index contributed by atoms with van der Waals surface area (Å²) in [5.41, 5.74) is 3.42. The summed E-state index contributed by atoms with van der Waals surface area (Å²) in [6.07, 6.45) is 2.72. The first-order chi connectivity index (χ1) is 12.2. The van der Waals surface area contributed by atoms with Crippen LogP contribution in [0.4, 0.5) is 0 Å². The molecule has 26 heavy (non-hydrogen) atoms. The first kappa shape index (κ1) is 18.7. The molecule has 0 radical (unpaired) electrons. The lowest BCUT2D eigenvalue weighted by Crippen LogP contribution is -2.26. The van der Waals surface area contributed by atoms with E-state index in [0.29, 0.717) is 17.9 Å². The molecular weight excluding hydrogens is 344 g/mol. The van der Waals surface area contributed by atoms with E-state index < -0.39 is 10.0 Å². The zero-order valence-corrected chi connectivity index (χ0v) is 16.6. The van der Waals surface area contributed by atoms with Crippen molar-refractivity contribution in [2.75, 3.05) is 6.54 Å². The van der Waals surface area contributed by atoms with Gasteiger partial charge >= 0.3 is 0 Å². The Hall–Kier alpha value is -2.11. The van der Waals surface area contributed by atoms with Crippen molar-refractivity contribution in [3.05, 3.63) is 65.9 Å². The van der Waals surface area contributed by atoms with Gasteiger partial charge in [0.25, 0.3) is 0 Å². The Morgan fingerprint density at radius 1 is 1.00 bits per heavy atom. The minimum atomic E-state index is -3.50. The van der Waals surface area contributed by atoms with E-state index in [9.17, 15) is 8.42 Å². The zero-order chi connectivity index (χ0) is 18.9. The van der Waals surface area contributed by atoms with Gasteiger partial charge < -0.3 is 4.57 Å². The lowest BCUT2D eigenvalue weighted by atomic mass is 9.87. The van der Waals surface area contributed by atoms with Gasteiger partial charge in [-0.3, -0.25) is 0 Å². The van der Waals surface area contributed by atoms with Crippen molar-refractivity contribution < 1.29 is 8.42 Å². The largest absolute Gasteiger partial charge is 0.350 e. The van der Waals surface area contributed by atoms with Crippen molar-refractivity contribution in [2.24, 2.45) is 7.05 Å². The van der Waals surface area contributed by atoms with E-state index in [-0.39, 0.29) is 5.41 Å². The Bertz CT molecular complexity index is 1010. The monoisotopic (exact) mass is 370 g/mol. The van der Waals surface area contributed by atoms with Crippen LogP contribution >= 0.6 is 0 Å². The molecule has 5 heteroatoms. The average Bonchev–Trinajstić information content (AvgIpc) is 2.91. The first-order valence-electron chi connectivity index (χ1n) is 8.82. The number of aromatic nitrogens is 1. The van der Waals surface area contributed by atoms with Crippen LogP contribution in [0.3, 0.4) is 0 Å². The Morgan fingerprint density at radius 3 is 2.31 bits per heavy atom. The predicted octanol–water partition coefficient (Wildman–Crippen LogP) is 4.00. The molecule has 0 unspecified atom stereocenters. The van der Waals surface area contributed by atoms with Crippen LogP contribution in [-0.2, 0) is 28.9 Å². The molecule has 0 aliphatic carbocycles. The van der Waals surface area contributed by atoms with Crippen molar-refractivity contribution in [3.63, 3.8) is 0 Å². The van der Waals surface area contributed by atoms with Crippen LogP contribution in [0.25, 0.3) is 10.9 Å². The van der Waals surface area contributed by atoms with E-state index in [4.69, 9.17) is 0 Å². The van der Waals surface area contributed by atoms with Crippen LogP contribution in [0.5, 0.6) is 0 Å². The number of sulfonamides is 1. The molecule has 0 spiro atoms. The molecule has 4 nitrogen and oxygen atoms in total. The summed E-state index contributed by atoms with van der Waals surface area (Å²) in [7, 11) is -1.49. The molecule has 0 aliphatic rings. The molecule has 2 aromatic carbocycles. The third-order valence-electron chi connectivity index (χ3n) is 4.70. The van der Waals surface area contributed by atoms with Crippen molar-refractivity contribution in [1.29, 1.82) is 0 Å². The van der Waals surface area contributed by atoms with Crippen LogP contribution in [-0.4, -0.2) is 19.5 Å². The Morgan fingerprint density at radius 2 is 1.65 bits per heavy atom. The SMILES string of the molecule is Cn1cc(CCNS(=O)(=O)c2ccc(C(C)(C)C)cc2)c2ccccc21. The molecule has 1 N–H and O–H groups in total. The number of benzene rings is 2. The molecule has 0 saturated carbocycles. The predicted molar refractivity (Wildman–Crippen MR) is 107 cm³/mol. The average molecular weight is 371 g/mol. The van der Waals surface area contributed by atoms with Crippen LogP contribution in [0.2, 0.25) is 0 Å². The highest BCUT2D eigenvalue weighted by molar-refractivity contribution is 7.89. The van der Waals surface area contributed by atoms with Gasteiger partial charge in [-0.15, -0.1) is 0 Å². The van der Waals surface area contributed by atoms with Crippen molar-refractivity contribution >= 4 is 20.9 Å². The normalized spacial score (nSPS) is 12.6. The Balaban J connectivity index is 1.70. The van der Waals surface area contributed by atoms with Crippen LogP contribution in [0.15, 0.2) is 59.6 Å². The fourth-order valence-corrected chi connectivity index (χ4v) is 4.19. The molecule has 1 heterocycles. The Labute approximate surface area is 155 Å². The molecule has 0 amide bonds. The summed E-state index contributed by atoms with van der Waals surface area (Å²) in [5.74, 6) is 0. The molecule has 0 aliphatic heterocycles. The third kappa shape index (κ3) is 3.84. The number of hydrogen-bond acceptors (Lipinski definition) is 2. The summed E-state index contributed by atoms with van der Waals surface area (Å²) >= 11 is 0. The van der Waals surface area contributed by atoms with E-state index in [0.717, 1.165) is 16.6 Å². The van der Waals surface area contributed by atoms with Gasteiger partial charge in [0, 0.05) is 30.7 Å². The highest BCUT2D eigenvalue weighted by atomic mass is 32.2. The van der Waals surface area contributed by atoms with Crippen molar-refractivity contribution in [2.45, 2.75) is 37.5 Å². The van der Waals surface area contributed by atoms with Crippen molar-refractivity contribution in [1.82, 2.24) is 9.29 Å². The van der Waals surface area contributed by atoms with Crippen molar-refractivity contribution in [3.8, 4) is 0 Å². The third-order valence-corrected chi connectivity index (χ3v) is 6.17. The Kier molecular flexibility index (Phi) is 4.95. The molecular formula is C21H26N2O2S. The molecule has 3 rings (SSSR count).